The normalized spacial score (nSPS) is 18.3. The molecule has 0 radical (unpaired) electrons. The zero-order valence-corrected chi connectivity index (χ0v) is 16.5. The second-order valence-electron chi connectivity index (χ2n) is 6.28. The Hall–Kier alpha value is -2.22. The minimum atomic E-state index is -0.612. The molecular weight excluding hydrogens is 409 g/mol. The molecule has 6 nitrogen and oxygen atoms in total. The highest BCUT2D eigenvalue weighted by molar-refractivity contribution is 7.23. The zero-order chi connectivity index (χ0) is 19.1. The summed E-state index contributed by atoms with van der Waals surface area (Å²) in [6.07, 6.45) is -0.00317. The number of halogens is 2. The summed E-state index contributed by atoms with van der Waals surface area (Å²) < 4.78 is 6.64. The number of aromatic amines is 1. The number of benzene rings is 1. The summed E-state index contributed by atoms with van der Waals surface area (Å²) in [5, 5.41) is 6.15. The van der Waals surface area contributed by atoms with E-state index in [1.807, 2.05) is 24.3 Å². The fourth-order valence-corrected chi connectivity index (χ4v) is 4.83. The van der Waals surface area contributed by atoms with Gasteiger partial charge in [-0.25, -0.2) is 4.79 Å². The van der Waals surface area contributed by atoms with Crippen molar-refractivity contribution < 1.29 is 14.3 Å². The third kappa shape index (κ3) is 3.50. The standard InChI is InChI=1S/C18H15Cl2N3O3S/c1-8(24)21-15-10-5-3-2-4-9(10)6-11(15)22-18(25)26-13-7-12-16(23-13)14(19)17(20)27-12/h2-5,7,11,15,23H,6H2,1H3,(H,21,24)(H,22,25)/t11-,15-/m0/s1. The molecule has 0 saturated carbocycles. The lowest BCUT2D eigenvalue weighted by Crippen LogP contribution is -2.44. The van der Waals surface area contributed by atoms with Gasteiger partial charge in [-0.2, -0.15) is 0 Å². The molecule has 140 valence electrons. The van der Waals surface area contributed by atoms with E-state index >= 15 is 0 Å². The number of thiophene rings is 1. The van der Waals surface area contributed by atoms with Crippen LogP contribution in [-0.4, -0.2) is 23.0 Å². The van der Waals surface area contributed by atoms with Gasteiger partial charge < -0.3 is 20.4 Å². The zero-order valence-electron chi connectivity index (χ0n) is 14.1. The first-order valence-corrected chi connectivity index (χ1v) is 9.79. The van der Waals surface area contributed by atoms with Gasteiger partial charge >= 0.3 is 6.09 Å². The summed E-state index contributed by atoms with van der Waals surface area (Å²) in [6.45, 7) is 1.46. The summed E-state index contributed by atoms with van der Waals surface area (Å²) in [4.78, 5) is 26.9. The second kappa shape index (κ2) is 7.07. The molecule has 9 heteroatoms. The molecule has 3 N–H and O–H groups in total. The predicted octanol–water partition coefficient (Wildman–Crippen LogP) is 4.43. The van der Waals surface area contributed by atoms with Gasteiger partial charge in [-0.15, -0.1) is 11.3 Å². The number of nitrogens with one attached hydrogen (secondary N) is 3. The Bertz CT molecular complexity index is 1050. The molecule has 1 aliphatic rings. The first kappa shape index (κ1) is 18.2. The highest BCUT2D eigenvalue weighted by atomic mass is 35.5. The minimum absolute atomic E-state index is 0.159. The van der Waals surface area contributed by atoms with Crippen molar-refractivity contribution in [3.63, 3.8) is 0 Å². The van der Waals surface area contributed by atoms with Crippen molar-refractivity contribution in [1.29, 1.82) is 0 Å². The van der Waals surface area contributed by atoms with Gasteiger partial charge in [-0.1, -0.05) is 47.5 Å². The van der Waals surface area contributed by atoms with Crippen LogP contribution in [-0.2, 0) is 11.2 Å². The van der Waals surface area contributed by atoms with Crippen LogP contribution in [0.2, 0.25) is 9.36 Å². The SMILES string of the molecule is CC(=O)N[C@H]1c2ccccc2C[C@@H]1NC(=O)Oc1cc2sc(Cl)c(Cl)c2[nH]1. The second-order valence-corrected chi connectivity index (χ2v) is 8.32. The minimum Gasteiger partial charge on any atom is -0.393 e. The van der Waals surface area contributed by atoms with Crippen LogP contribution in [0.25, 0.3) is 10.2 Å². The van der Waals surface area contributed by atoms with Gasteiger partial charge in [0.05, 0.1) is 27.3 Å². The Morgan fingerprint density at radius 2 is 2.04 bits per heavy atom. The molecule has 2 heterocycles. The summed E-state index contributed by atoms with van der Waals surface area (Å²) in [5.74, 6) is 0.118. The van der Waals surface area contributed by atoms with Crippen LogP contribution in [0.4, 0.5) is 4.79 Å². The Labute approximate surface area is 168 Å². The van der Waals surface area contributed by atoms with Gasteiger partial charge in [-0.05, 0) is 17.5 Å². The van der Waals surface area contributed by atoms with E-state index in [0.29, 0.717) is 21.3 Å². The Morgan fingerprint density at radius 3 is 2.78 bits per heavy atom. The van der Waals surface area contributed by atoms with Gasteiger partial charge in [0.1, 0.15) is 4.34 Å². The molecule has 3 aromatic rings. The van der Waals surface area contributed by atoms with Gasteiger partial charge in [0, 0.05) is 13.0 Å². The number of amides is 2. The number of H-pyrrole nitrogens is 1. The number of carbonyl (C=O) groups is 2. The average molecular weight is 424 g/mol. The number of fused-ring (bicyclic) bond motifs is 2. The monoisotopic (exact) mass is 423 g/mol. The van der Waals surface area contributed by atoms with E-state index in [1.54, 1.807) is 6.07 Å². The van der Waals surface area contributed by atoms with Crippen molar-refractivity contribution in [3.05, 3.63) is 50.8 Å². The van der Waals surface area contributed by atoms with Crippen LogP contribution in [0.1, 0.15) is 24.1 Å². The largest absolute Gasteiger partial charge is 0.414 e. The topological polar surface area (TPSA) is 83.2 Å². The van der Waals surface area contributed by atoms with E-state index in [4.69, 9.17) is 27.9 Å². The first-order valence-electron chi connectivity index (χ1n) is 8.22. The first-order chi connectivity index (χ1) is 12.9. The maximum absolute atomic E-state index is 12.4. The molecule has 0 aliphatic heterocycles. The molecule has 0 saturated heterocycles. The van der Waals surface area contributed by atoms with E-state index in [1.165, 1.54) is 18.3 Å². The number of aromatic nitrogens is 1. The van der Waals surface area contributed by atoms with Gasteiger partial charge in [0.15, 0.2) is 0 Å². The summed E-state index contributed by atoms with van der Waals surface area (Å²) >= 11 is 13.4. The predicted molar refractivity (Wildman–Crippen MR) is 106 cm³/mol. The summed E-state index contributed by atoms with van der Waals surface area (Å²) in [6, 6.07) is 8.86. The summed E-state index contributed by atoms with van der Waals surface area (Å²) in [5.41, 5.74) is 2.72. The van der Waals surface area contributed by atoms with Gasteiger partial charge in [-0.3, -0.25) is 4.79 Å². The number of hydrogen-bond acceptors (Lipinski definition) is 4. The third-order valence-electron chi connectivity index (χ3n) is 4.45. The fraction of sp³-hybridized carbons (Fsp3) is 0.222. The number of carbonyl (C=O) groups excluding carboxylic acids is 2. The molecular formula is C18H15Cl2N3O3S. The van der Waals surface area contributed by atoms with Crippen LogP contribution in [0.15, 0.2) is 30.3 Å². The maximum Gasteiger partial charge on any atom is 0.414 e. The van der Waals surface area contributed by atoms with Crippen molar-refractivity contribution in [2.45, 2.75) is 25.4 Å². The van der Waals surface area contributed by atoms with Gasteiger partial charge in [0.25, 0.3) is 0 Å². The molecule has 2 aromatic heterocycles. The molecule has 0 fully saturated rings. The smallest absolute Gasteiger partial charge is 0.393 e. The molecule has 1 aromatic carbocycles. The maximum atomic E-state index is 12.4. The molecule has 4 rings (SSSR count). The Morgan fingerprint density at radius 1 is 1.26 bits per heavy atom. The van der Waals surface area contributed by atoms with E-state index in [2.05, 4.69) is 15.6 Å². The van der Waals surface area contributed by atoms with Crippen molar-refractivity contribution in [2.75, 3.05) is 0 Å². The summed E-state index contributed by atoms with van der Waals surface area (Å²) in [7, 11) is 0. The molecule has 0 bridgehead atoms. The lowest BCUT2D eigenvalue weighted by Gasteiger charge is -2.22. The van der Waals surface area contributed by atoms with Crippen LogP contribution in [0.5, 0.6) is 5.88 Å². The number of rotatable bonds is 3. The molecule has 2 amide bonds. The van der Waals surface area contributed by atoms with E-state index in [0.717, 1.165) is 15.8 Å². The molecule has 1 aliphatic carbocycles. The van der Waals surface area contributed by atoms with E-state index in [-0.39, 0.29) is 23.9 Å². The van der Waals surface area contributed by atoms with Crippen molar-refractivity contribution in [3.8, 4) is 5.88 Å². The third-order valence-corrected chi connectivity index (χ3v) is 6.38. The van der Waals surface area contributed by atoms with Crippen molar-refractivity contribution >= 4 is 56.8 Å². The fourth-order valence-electron chi connectivity index (χ4n) is 3.36. The molecule has 2 atom stereocenters. The van der Waals surface area contributed by atoms with Crippen LogP contribution in [0, 0.1) is 0 Å². The Kier molecular flexibility index (Phi) is 4.75. The van der Waals surface area contributed by atoms with Crippen molar-refractivity contribution in [1.82, 2.24) is 15.6 Å². The van der Waals surface area contributed by atoms with E-state index in [9.17, 15) is 9.59 Å². The van der Waals surface area contributed by atoms with Crippen LogP contribution < -0.4 is 15.4 Å². The average Bonchev–Trinajstić information content (AvgIpc) is 3.22. The molecule has 0 spiro atoms. The molecule has 0 unspecified atom stereocenters. The van der Waals surface area contributed by atoms with Crippen LogP contribution in [0.3, 0.4) is 0 Å². The number of ether oxygens (including phenoxy) is 1. The lowest BCUT2D eigenvalue weighted by atomic mass is 10.1. The molecule has 27 heavy (non-hydrogen) atoms. The lowest BCUT2D eigenvalue weighted by molar-refractivity contribution is -0.119. The Balaban J connectivity index is 1.48. The van der Waals surface area contributed by atoms with Crippen molar-refractivity contribution in [2.24, 2.45) is 0 Å². The van der Waals surface area contributed by atoms with Gasteiger partial charge in [0.2, 0.25) is 11.8 Å². The highest BCUT2D eigenvalue weighted by Crippen LogP contribution is 2.40. The highest BCUT2D eigenvalue weighted by Gasteiger charge is 2.34. The van der Waals surface area contributed by atoms with E-state index < -0.39 is 6.09 Å². The quantitative estimate of drug-likeness (QED) is 0.582. The number of hydrogen-bond donors (Lipinski definition) is 3. The van der Waals surface area contributed by atoms with Crippen LogP contribution >= 0.6 is 34.5 Å².